The van der Waals surface area contributed by atoms with Crippen LogP contribution in [0, 0.1) is 0 Å². The second kappa shape index (κ2) is 8.22. The lowest BCUT2D eigenvalue weighted by molar-refractivity contribution is 0.283. The third kappa shape index (κ3) is 3.89. The molecule has 140 valence electrons. The van der Waals surface area contributed by atoms with E-state index in [1.165, 1.54) is 17.1 Å². The number of hydrogen-bond acceptors (Lipinski definition) is 5. The minimum atomic E-state index is 0.432. The Hall–Kier alpha value is -3.19. The van der Waals surface area contributed by atoms with Crippen LogP contribution in [0.3, 0.4) is 0 Å². The van der Waals surface area contributed by atoms with Crippen molar-refractivity contribution in [3.05, 3.63) is 76.5 Å². The number of nitrogens with zero attached hydrogens (tertiary/aromatic N) is 3. The SMILES string of the molecule is COc1cc(C=Nc2ncn[nH]2)cc(Br)c1OCc1cccc2ccccc12. The molecule has 6 nitrogen and oxygen atoms in total. The van der Waals surface area contributed by atoms with Gasteiger partial charge in [0.1, 0.15) is 12.9 Å². The van der Waals surface area contributed by atoms with E-state index in [0.717, 1.165) is 15.6 Å². The first kappa shape index (κ1) is 18.2. The third-order valence-corrected chi connectivity index (χ3v) is 4.83. The lowest BCUT2D eigenvalue weighted by Gasteiger charge is -2.14. The van der Waals surface area contributed by atoms with Crippen molar-refractivity contribution in [2.75, 3.05) is 7.11 Å². The van der Waals surface area contributed by atoms with Gasteiger partial charge in [-0.3, -0.25) is 0 Å². The largest absolute Gasteiger partial charge is 0.493 e. The molecule has 7 heteroatoms. The zero-order chi connectivity index (χ0) is 19.3. The lowest BCUT2D eigenvalue weighted by atomic mass is 10.1. The molecule has 0 saturated carbocycles. The second-order valence-corrected chi connectivity index (χ2v) is 6.88. The Morgan fingerprint density at radius 1 is 1.14 bits per heavy atom. The lowest BCUT2D eigenvalue weighted by Crippen LogP contribution is -2.00. The number of hydrogen-bond donors (Lipinski definition) is 1. The molecule has 0 spiro atoms. The summed E-state index contributed by atoms with van der Waals surface area (Å²) in [5.74, 6) is 1.70. The molecule has 0 radical (unpaired) electrons. The normalized spacial score (nSPS) is 11.2. The van der Waals surface area contributed by atoms with Crippen LogP contribution in [0.5, 0.6) is 11.5 Å². The van der Waals surface area contributed by atoms with E-state index in [4.69, 9.17) is 9.47 Å². The van der Waals surface area contributed by atoms with Crippen molar-refractivity contribution in [3.63, 3.8) is 0 Å². The molecule has 4 rings (SSSR count). The topological polar surface area (TPSA) is 72.4 Å². The smallest absolute Gasteiger partial charge is 0.245 e. The molecule has 1 aromatic heterocycles. The number of ether oxygens (including phenoxy) is 2. The predicted octanol–water partition coefficient (Wildman–Crippen LogP) is 5.06. The summed E-state index contributed by atoms with van der Waals surface area (Å²) in [6.07, 6.45) is 3.09. The molecule has 0 aliphatic carbocycles. The van der Waals surface area contributed by atoms with Crippen molar-refractivity contribution >= 4 is 38.9 Å². The van der Waals surface area contributed by atoms with Gasteiger partial charge in [0.2, 0.25) is 5.95 Å². The fraction of sp³-hybridized carbons (Fsp3) is 0.0952. The van der Waals surface area contributed by atoms with Crippen molar-refractivity contribution in [1.29, 1.82) is 0 Å². The highest BCUT2D eigenvalue weighted by Crippen LogP contribution is 2.37. The molecule has 0 aliphatic rings. The number of halogens is 1. The first-order chi connectivity index (χ1) is 13.7. The van der Waals surface area contributed by atoms with Crippen molar-refractivity contribution in [3.8, 4) is 11.5 Å². The number of aliphatic imine (C=N–C) groups is 1. The van der Waals surface area contributed by atoms with Gasteiger partial charge in [-0.25, -0.2) is 10.1 Å². The van der Waals surface area contributed by atoms with E-state index in [-0.39, 0.29) is 0 Å². The fourth-order valence-electron chi connectivity index (χ4n) is 2.92. The summed E-state index contributed by atoms with van der Waals surface area (Å²) in [5, 5.41) is 8.82. The minimum absolute atomic E-state index is 0.432. The molecule has 0 bridgehead atoms. The molecule has 0 unspecified atom stereocenters. The molecule has 1 N–H and O–H groups in total. The first-order valence-corrected chi connectivity index (χ1v) is 9.40. The summed E-state index contributed by atoms with van der Waals surface area (Å²) in [5.41, 5.74) is 1.96. The van der Waals surface area contributed by atoms with E-state index in [9.17, 15) is 0 Å². The summed E-state index contributed by atoms with van der Waals surface area (Å²) in [6.45, 7) is 0.432. The van der Waals surface area contributed by atoms with Gasteiger partial charge >= 0.3 is 0 Å². The third-order valence-electron chi connectivity index (χ3n) is 4.24. The van der Waals surface area contributed by atoms with Gasteiger partial charge in [-0.1, -0.05) is 42.5 Å². The van der Waals surface area contributed by atoms with Crippen LogP contribution in [0.25, 0.3) is 10.8 Å². The van der Waals surface area contributed by atoms with E-state index in [2.05, 4.69) is 60.4 Å². The van der Waals surface area contributed by atoms with E-state index >= 15 is 0 Å². The number of fused-ring (bicyclic) bond motifs is 1. The standard InChI is InChI=1S/C21H17BrN4O2/c1-27-19-10-14(11-23-21-24-13-25-26-21)9-18(22)20(19)28-12-16-7-4-6-15-5-2-3-8-17(15)16/h2-11,13H,12H2,1H3,(H,24,25,26). The van der Waals surface area contributed by atoms with Crippen LogP contribution in [0.15, 0.2) is 70.4 Å². The average molecular weight is 437 g/mol. The Bertz CT molecular complexity index is 1120. The zero-order valence-corrected chi connectivity index (χ0v) is 16.7. The Balaban J connectivity index is 1.59. The fourth-order valence-corrected chi connectivity index (χ4v) is 3.49. The number of benzene rings is 3. The Kier molecular flexibility index (Phi) is 5.34. The molecule has 0 fully saturated rings. The molecular weight excluding hydrogens is 420 g/mol. The molecule has 0 atom stereocenters. The van der Waals surface area contributed by atoms with Gasteiger partial charge in [0.25, 0.3) is 0 Å². The van der Waals surface area contributed by atoms with Crippen LogP contribution in [0.4, 0.5) is 5.95 Å². The number of rotatable bonds is 6. The average Bonchev–Trinajstić information content (AvgIpc) is 3.25. The Morgan fingerprint density at radius 3 is 2.82 bits per heavy atom. The maximum atomic E-state index is 6.11. The summed E-state index contributed by atoms with van der Waals surface area (Å²) in [4.78, 5) is 8.21. The van der Waals surface area contributed by atoms with Crippen LogP contribution in [0.1, 0.15) is 11.1 Å². The van der Waals surface area contributed by atoms with Gasteiger partial charge < -0.3 is 9.47 Å². The molecule has 28 heavy (non-hydrogen) atoms. The number of methoxy groups -OCH3 is 1. The second-order valence-electron chi connectivity index (χ2n) is 6.03. The number of nitrogens with one attached hydrogen (secondary N) is 1. The maximum Gasteiger partial charge on any atom is 0.245 e. The van der Waals surface area contributed by atoms with Gasteiger partial charge in [-0.05, 0) is 50.0 Å². The Morgan fingerprint density at radius 2 is 2.00 bits per heavy atom. The number of aromatic nitrogens is 3. The van der Waals surface area contributed by atoms with E-state index < -0.39 is 0 Å². The van der Waals surface area contributed by atoms with Crippen LogP contribution in [0.2, 0.25) is 0 Å². The Labute approximate surface area is 170 Å². The summed E-state index contributed by atoms with van der Waals surface area (Å²) in [6, 6.07) is 18.2. The van der Waals surface area contributed by atoms with Crippen molar-refractivity contribution in [2.45, 2.75) is 6.61 Å². The van der Waals surface area contributed by atoms with Crippen molar-refractivity contribution in [2.24, 2.45) is 4.99 Å². The van der Waals surface area contributed by atoms with Gasteiger partial charge in [-0.15, -0.1) is 0 Å². The summed E-state index contributed by atoms with van der Waals surface area (Å²) in [7, 11) is 1.62. The highest BCUT2D eigenvalue weighted by molar-refractivity contribution is 9.10. The number of aromatic amines is 1. The first-order valence-electron chi connectivity index (χ1n) is 8.61. The van der Waals surface area contributed by atoms with Crippen LogP contribution >= 0.6 is 15.9 Å². The van der Waals surface area contributed by atoms with Gasteiger partial charge in [-0.2, -0.15) is 10.1 Å². The predicted molar refractivity (Wildman–Crippen MR) is 113 cm³/mol. The molecule has 0 amide bonds. The van der Waals surface area contributed by atoms with E-state index in [1.807, 2.05) is 30.3 Å². The summed E-state index contributed by atoms with van der Waals surface area (Å²) < 4.78 is 12.4. The summed E-state index contributed by atoms with van der Waals surface area (Å²) >= 11 is 3.58. The highest BCUT2D eigenvalue weighted by Gasteiger charge is 2.12. The maximum absolute atomic E-state index is 6.11. The number of H-pyrrole nitrogens is 1. The molecule has 4 aromatic rings. The minimum Gasteiger partial charge on any atom is -0.493 e. The van der Waals surface area contributed by atoms with E-state index in [0.29, 0.717) is 24.1 Å². The molecule has 1 heterocycles. The van der Waals surface area contributed by atoms with Crippen molar-refractivity contribution in [1.82, 2.24) is 15.2 Å². The van der Waals surface area contributed by atoms with E-state index in [1.54, 1.807) is 13.3 Å². The highest BCUT2D eigenvalue weighted by atomic mass is 79.9. The van der Waals surface area contributed by atoms with Gasteiger partial charge in [0.15, 0.2) is 11.5 Å². The van der Waals surface area contributed by atoms with Crippen LogP contribution in [-0.4, -0.2) is 28.5 Å². The van der Waals surface area contributed by atoms with Gasteiger partial charge in [0.05, 0.1) is 11.6 Å². The molecular formula is C21H17BrN4O2. The monoisotopic (exact) mass is 436 g/mol. The molecule has 3 aromatic carbocycles. The van der Waals surface area contributed by atoms with Crippen molar-refractivity contribution < 1.29 is 9.47 Å². The molecule has 0 aliphatic heterocycles. The van der Waals surface area contributed by atoms with Crippen LogP contribution in [-0.2, 0) is 6.61 Å². The van der Waals surface area contributed by atoms with Crippen LogP contribution < -0.4 is 9.47 Å². The quantitative estimate of drug-likeness (QED) is 0.428. The molecule has 0 saturated heterocycles. The zero-order valence-electron chi connectivity index (χ0n) is 15.1. The van der Waals surface area contributed by atoms with Gasteiger partial charge in [0, 0.05) is 6.21 Å².